The van der Waals surface area contributed by atoms with E-state index in [0.717, 1.165) is 18.5 Å². The highest BCUT2D eigenvalue weighted by atomic mass is 32.3. The predicted molar refractivity (Wildman–Crippen MR) is 142 cm³/mol. The molecule has 0 radical (unpaired) electrons. The van der Waals surface area contributed by atoms with Gasteiger partial charge >= 0.3 is 10.5 Å². The number of hydrogen-bond donors (Lipinski definition) is 3. The first-order chi connectivity index (χ1) is 19.2. The van der Waals surface area contributed by atoms with Crippen LogP contribution in [0.25, 0.3) is 0 Å². The van der Waals surface area contributed by atoms with Crippen LogP contribution in [-0.2, 0) is 10.5 Å². The molecule has 1 aromatic carbocycles. The van der Waals surface area contributed by atoms with Crippen LogP contribution in [0, 0.1) is 12.3 Å². The summed E-state index contributed by atoms with van der Waals surface area (Å²) in [6, 6.07) is 8.55. The molecule has 1 saturated heterocycles. The lowest BCUT2D eigenvalue weighted by Crippen LogP contribution is -2.49. The van der Waals surface area contributed by atoms with Crippen LogP contribution in [0.1, 0.15) is 45.3 Å². The molecule has 1 aliphatic heterocycles. The highest BCUT2D eigenvalue weighted by Gasteiger charge is 2.27. The van der Waals surface area contributed by atoms with Crippen molar-refractivity contribution < 1.29 is 26.1 Å². The Bertz CT molecular complexity index is 1560. The average molecular weight is 569 g/mol. The first-order valence-electron chi connectivity index (χ1n) is 12.4. The van der Waals surface area contributed by atoms with E-state index in [1.54, 1.807) is 4.90 Å². The summed E-state index contributed by atoms with van der Waals surface area (Å²) in [6.45, 7) is 1.48. The van der Waals surface area contributed by atoms with Gasteiger partial charge in [0.2, 0.25) is 5.95 Å². The Kier molecular flexibility index (Phi) is 7.52. The molecule has 2 aromatic heterocycles. The molecule has 15 heteroatoms. The molecule has 3 heterocycles. The Hall–Kier alpha value is -4.71. The molecule has 0 atom stereocenters. The Labute approximate surface area is 229 Å². The van der Waals surface area contributed by atoms with Crippen LogP contribution in [0.2, 0.25) is 0 Å². The fraction of sp³-hybridized carbons (Fsp3) is 0.320. The van der Waals surface area contributed by atoms with E-state index in [2.05, 4.69) is 40.9 Å². The maximum atomic E-state index is 12.9. The molecule has 0 unspecified atom stereocenters. The van der Waals surface area contributed by atoms with E-state index in [1.807, 2.05) is 11.0 Å². The normalized spacial score (nSPS) is 15.3. The summed E-state index contributed by atoms with van der Waals surface area (Å²) in [7, 11) is -5.15. The number of rotatable bonds is 9. The van der Waals surface area contributed by atoms with Crippen LogP contribution < -0.4 is 19.7 Å². The Morgan fingerprint density at radius 3 is 2.48 bits per heavy atom. The minimum absolute atomic E-state index is 0.0442. The molecule has 3 N–H and O–H groups in total. The third kappa shape index (κ3) is 6.64. The summed E-state index contributed by atoms with van der Waals surface area (Å²) < 4.78 is 38.2. The van der Waals surface area contributed by atoms with Crippen molar-refractivity contribution in [3.8, 4) is 18.1 Å². The Morgan fingerprint density at radius 1 is 1.10 bits per heavy atom. The van der Waals surface area contributed by atoms with Crippen LogP contribution in [0.4, 0.5) is 21.5 Å². The van der Waals surface area contributed by atoms with Gasteiger partial charge in [0, 0.05) is 55.5 Å². The van der Waals surface area contributed by atoms with Gasteiger partial charge in [0.25, 0.3) is 11.8 Å². The monoisotopic (exact) mass is 568 g/mol. The number of nitrogens with zero attached hydrogens (tertiary/aromatic N) is 5. The second kappa shape index (κ2) is 11.2. The molecule has 13 nitrogen and oxygen atoms in total. The third-order valence-corrected chi connectivity index (χ3v) is 6.71. The molecule has 40 heavy (non-hydrogen) atoms. The number of aromatic amines is 1. The van der Waals surface area contributed by atoms with E-state index in [9.17, 15) is 21.9 Å². The van der Waals surface area contributed by atoms with Crippen LogP contribution in [0.15, 0.2) is 36.4 Å². The predicted octanol–water partition coefficient (Wildman–Crippen LogP) is 1.74. The molecule has 5 rings (SSSR count). The zero-order chi connectivity index (χ0) is 28.3. The largest absolute Gasteiger partial charge is 0.488 e. The van der Waals surface area contributed by atoms with Crippen molar-refractivity contribution in [1.29, 1.82) is 0 Å². The quantitative estimate of drug-likeness (QED) is 0.256. The number of hydrogen-bond acceptors (Lipinski definition) is 10. The van der Waals surface area contributed by atoms with Crippen molar-refractivity contribution in [1.82, 2.24) is 30.4 Å². The lowest BCUT2D eigenvalue weighted by molar-refractivity contribution is 0.0746. The van der Waals surface area contributed by atoms with Crippen molar-refractivity contribution >= 4 is 39.9 Å². The van der Waals surface area contributed by atoms with E-state index in [4.69, 9.17) is 6.42 Å². The topological polar surface area (TPSA) is 163 Å². The number of terminal acetylenes is 1. The number of carbonyl (C=O) groups is 2. The van der Waals surface area contributed by atoms with E-state index in [-0.39, 0.29) is 29.5 Å². The van der Waals surface area contributed by atoms with E-state index >= 15 is 0 Å². The average Bonchev–Trinajstić information content (AvgIpc) is 3.69. The first kappa shape index (κ1) is 26.9. The van der Waals surface area contributed by atoms with Gasteiger partial charge in [-0.2, -0.15) is 18.5 Å². The Morgan fingerprint density at radius 2 is 1.82 bits per heavy atom. The molecule has 208 valence electrons. The number of amides is 2. The van der Waals surface area contributed by atoms with E-state index in [0.29, 0.717) is 49.7 Å². The second-order valence-corrected chi connectivity index (χ2v) is 10.2. The Balaban J connectivity index is 1.28. The summed E-state index contributed by atoms with van der Waals surface area (Å²) >= 11 is 0. The van der Waals surface area contributed by atoms with Gasteiger partial charge in [-0.05, 0) is 37.1 Å². The fourth-order valence-corrected chi connectivity index (χ4v) is 4.51. The van der Waals surface area contributed by atoms with Gasteiger partial charge in [0.15, 0.2) is 5.82 Å². The van der Waals surface area contributed by atoms with E-state index < -0.39 is 16.4 Å². The number of piperazine rings is 1. The molecule has 0 bridgehead atoms. The smallest absolute Gasteiger partial charge is 0.358 e. The van der Waals surface area contributed by atoms with Gasteiger partial charge in [0.1, 0.15) is 17.3 Å². The summed E-state index contributed by atoms with van der Waals surface area (Å²) in [5.41, 5.74) is 1.45. The molecular weight excluding hydrogens is 543 g/mol. The minimum Gasteiger partial charge on any atom is -0.358 e. The molecule has 3 aromatic rings. The number of halogens is 1. The van der Waals surface area contributed by atoms with Crippen LogP contribution in [0.3, 0.4) is 0 Å². The summed E-state index contributed by atoms with van der Waals surface area (Å²) in [4.78, 5) is 38.1. The number of carbonyl (C=O) groups excluding carboxylic acids is 2. The van der Waals surface area contributed by atoms with Gasteiger partial charge in [-0.1, -0.05) is 9.81 Å². The van der Waals surface area contributed by atoms with Crippen molar-refractivity contribution in [2.24, 2.45) is 0 Å². The first-order valence-corrected chi connectivity index (χ1v) is 13.7. The number of benzene rings is 1. The molecule has 1 aliphatic carbocycles. The third-order valence-electron chi connectivity index (χ3n) is 6.32. The fourth-order valence-electron chi connectivity index (χ4n) is 4.17. The van der Waals surface area contributed by atoms with Gasteiger partial charge in [-0.3, -0.25) is 14.7 Å². The summed E-state index contributed by atoms with van der Waals surface area (Å²) in [5, 5.41) is 13.0. The highest BCUT2D eigenvalue weighted by Crippen LogP contribution is 2.39. The van der Waals surface area contributed by atoms with Gasteiger partial charge < -0.3 is 24.6 Å². The zero-order valence-electron chi connectivity index (χ0n) is 21.1. The van der Waals surface area contributed by atoms with Crippen molar-refractivity contribution in [2.75, 3.05) is 42.9 Å². The molecule has 0 spiro atoms. The van der Waals surface area contributed by atoms with Gasteiger partial charge in [-0.25, -0.2) is 4.98 Å². The van der Waals surface area contributed by atoms with Crippen molar-refractivity contribution in [3.63, 3.8) is 0 Å². The number of H-pyrrole nitrogens is 1. The number of nitrogens with one attached hydrogen (secondary N) is 3. The van der Waals surface area contributed by atoms with Crippen molar-refractivity contribution in [2.45, 2.75) is 18.8 Å². The van der Waals surface area contributed by atoms with Gasteiger partial charge in [-0.15, -0.1) is 6.42 Å². The van der Waals surface area contributed by atoms with Crippen molar-refractivity contribution in [3.05, 3.63) is 53.3 Å². The van der Waals surface area contributed by atoms with Crippen LogP contribution >= 0.6 is 0 Å². The maximum Gasteiger partial charge on any atom is 0.488 e. The van der Waals surface area contributed by atoms with E-state index in [1.165, 1.54) is 30.3 Å². The molecule has 2 fully saturated rings. The molecule has 2 amide bonds. The zero-order valence-corrected chi connectivity index (χ0v) is 21.9. The second-order valence-electron chi connectivity index (χ2n) is 9.21. The summed E-state index contributed by atoms with van der Waals surface area (Å²) in [6.07, 6.45) is 7.51. The lowest BCUT2D eigenvalue weighted by atomic mass is 10.1. The SMILES string of the molecule is C#CCNC(=O)c1cc(Nc2cc(C3CC3)[nH]n2)nc(N2CCN(C(=O)c3ccc(OS(=O)(=O)F)cc3)CC2)n1. The lowest BCUT2D eigenvalue weighted by Gasteiger charge is -2.35. The molecule has 1 saturated carbocycles. The van der Waals surface area contributed by atoms with Gasteiger partial charge in [0.05, 0.1) is 6.54 Å². The minimum atomic E-state index is -5.15. The molecular formula is C25H25FN8O5S. The maximum absolute atomic E-state index is 12.9. The number of anilines is 3. The molecule has 2 aliphatic rings. The summed E-state index contributed by atoms with van der Waals surface area (Å²) in [5.74, 6) is 3.11. The van der Waals surface area contributed by atoms with Crippen LogP contribution in [-0.4, -0.2) is 78.0 Å². The standard InChI is InChI=1S/C25H25FN8O5S/c1-2-9-27-23(35)20-15-21(29-22-14-19(31-32-22)16-3-4-16)30-25(28-20)34-12-10-33(11-13-34)24(36)17-5-7-18(8-6-17)39-40(26,37)38/h1,5-8,14-16H,3-4,9-13H2,(H,27,35)(H2,28,29,30,31,32). The van der Waals surface area contributed by atoms with Crippen LogP contribution in [0.5, 0.6) is 5.75 Å². The highest BCUT2D eigenvalue weighted by molar-refractivity contribution is 7.81. The number of aromatic nitrogens is 4.